The van der Waals surface area contributed by atoms with Gasteiger partial charge in [0.15, 0.2) is 0 Å². The molecule has 1 aromatic heterocycles. The first-order chi connectivity index (χ1) is 6.31. The molecule has 3 heteroatoms. The Morgan fingerprint density at radius 3 is 3.08 bits per heavy atom. The molecule has 1 fully saturated rings. The maximum absolute atomic E-state index is 6.06. The fourth-order valence-electron chi connectivity index (χ4n) is 1.50. The van der Waals surface area contributed by atoms with Crippen LogP contribution in [0.4, 0.5) is 0 Å². The molecule has 0 saturated heterocycles. The van der Waals surface area contributed by atoms with Gasteiger partial charge in [-0.2, -0.15) is 0 Å². The van der Waals surface area contributed by atoms with Crippen LogP contribution in [-0.4, -0.2) is 4.98 Å². The minimum Gasteiger partial charge on any atom is -0.322 e. The molecule has 13 heavy (non-hydrogen) atoms. The van der Waals surface area contributed by atoms with Crippen molar-refractivity contribution >= 4 is 11.3 Å². The van der Waals surface area contributed by atoms with E-state index in [1.54, 1.807) is 11.3 Å². The van der Waals surface area contributed by atoms with E-state index in [4.69, 9.17) is 5.73 Å². The van der Waals surface area contributed by atoms with E-state index < -0.39 is 0 Å². The molecule has 0 aromatic carbocycles. The second kappa shape index (κ2) is 3.76. The van der Waals surface area contributed by atoms with Crippen molar-refractivity contribution in [3.63, 3.8) is 0 Å². The first-order valence-electron chi connectivity index (χ1n) is 5.01. The lowest BCUT2D eigenvalue weighted by molar-refractivity contribution is 0.626. The molecule has 1 heterocycles. The number of nitrogens with zero attached hydrogens (tertiary/aromatic N) is 1. The van der Waals surface area contributed by atoms with E-state index in [9.17, 15) is 0 Å². The molecule has 0 bridgehead atoms. The summed E-state index contributed by atoms with van der Waals surface area (Å²) in [5.74, 6) is 0.723. The van der Waals surface area contributed by atoms with Gasteiger partial charge in [-0.25, -0.2) is 4.98 Å². The van der Waals surface area contributed by atoms with Gasteiger partial charge in [0.2, 0.25) is 0 Å². The fourth-order valence-corrected chi connectivity index (χ4v) is 2.45. The maximum atomic E-state index is 6.06. The zero-order valence-electron chi connectivity index (χ0n) is 7.99. The van der Waals surface area contributed by atoms with Gasteiger partial charge in [0.25, 0.3) is 0 Å². The number of hydrogen-bond acceptors (Lipinski definition) is 3. The third-order valence-electron chi connectivity index (χ3n) is 2.49. The quantitative estimate of drug-likeness (QED) is 0.803. The Hall–Kier alpha value is -0.410. The normalized spacial score (nSPS) is 18.9. The molecule has 0 amide bonds. The van der Waals surface area contributed by atoms with E-state index in [2.05, 4.69) is 17.3 Å². The smallest absolute Gasteiger partial charge is 0.110 e. The van der Waals surface area contributed by atoms with Gasteiger partial charge in [0, 0.05) is 5.38 Å². The largest absolute Gasteiger partial charge is 0.322 e. The van der Waals surface area contributed by atoms with Crippen LogP contribution in [0.3, 0.4) is 0 Å². The van der Waals surface area contributed by atoms with E-state index in [0.717, 1.165) is 17.3 Å². The summed E-state index contributed by atoms with van der Waals surface area (Å²) in [6, 6.07) is 0.218. The number of rotatable bonds is 4. The maximum Gasteiger partial charge on any atom is 0.110 e. The minimum absolute atomic E-state index is 0.218. The molecule has 1 unspecified atom stereocenters. The van der Waals surface area contributed by atoms with Crippen LogP contribution in [0, 0.1) is 5.92 Å². The van der Waals surface area contributed by atoms with Gasteiger partial charge in [-0.1, -0.05) is 13.3 Å². The summed E-state index contributed by atoms with van der Waals surface area (Å²) < 4.78 is 0. The molecule has 2 nitrogen and oxygen atoms in total. The molecule has 1 atom stereocenters. The van der Waals surface area contributed by atoms with Crippen LogP contribution in [0.15, 0.2) is 5.38 Å². The predicted molar refractivity (Wildman–Crippen MR) is 55.8 cm³/mol. The van der Waals surface area contributed by atoms with E-state index in [1.807, 2.05) is 0 Å². The molecule has 0 aliphatic heterocycles. The summed E-state index contributed by atoms with van der Waals surface area (Å²) in [6.07, 6.45) is 4.85. The van der Waals surface area contributed by atoms with E-state index in [-0.39, 0.29) is 6.04 Å². The lowest BCUT2D eigenvalue weighted by Crippen LogP contribution is -2.11. The zero-order chi connectivity index (χ0) is 9.26. The topological polar surface area (TPSA) is 38.9 Å². The molecule has 2 rings (SSSR count). The lowest BCUT2D eigenvalue weighted by atomic mass is 10.2. The van der Waals surface area contributed by atoms with Crippen molar-refractivity contribution < 1.29 is 0 Å². The molecule has 2 N–H and O–H groups in total. The van der Waals surface area contributed by atoms with Gasteiger partial charge < -0.3 is 5.73 Å². The standard InChI is InChI=1S/C10H16N2S/c1-2-3-8-6-13-10(12-8)9(11)7-4-5-7/h6-7,9H,2-5,11H2,1H3. The molecule has 1 aliphatic rings. The average Bonchev–Trinajstić information content (AvgIpc) is 2.87. The molecule has 0 radical (unpaired) electrons. The van der Waals surface area contributed by atoms with Crippen molar-refractivity contribution in [2.45, 2.75) is 38.6 Å². The predicted octanol–water partition coefficient (Wildman–Crippen LogP) is 2.51. The minimum atomic E-state index is 0.218. The third kappa shape index (κ3) is 2.09. The average molecular weight is 196 g/mol. The van der Waals surface area contributed by atoms with Gasteiger partial charge in [-0.05, 0) is 25.2 Å². The molecule has 0 spiro atoms. The van der Waals surface area contributed by atoms with Gasteiger partial charge >= 0.3 is 0 Å². The van der Waals surface area contributed by atoms with Crippen LogP contribution in [0.25, 0.3) is 0 Å². The molecule has 72 valence electrons. The molecule has 1 aromatic rings. The Morgan fingerprint density at radius 1 is 1.69 bits per heavy atom. The zero-order valence-corrected chi connectivity index (χ0v) is 8.81. The Balaban J connectivity index is 2.03. The molecule has 1 saturated carbocycles. The highest BCUT2D eigenvalue weighted by Gasteiger charge is 2.31. The summed E-state index contributed by atoms with van der Waals surface area (Å²) in [6.45, 7) is 2.18. The van der Waals surface area contributed by atoms with E-state index in [0.29, 0.717) is 0 Å². The summed E-state index contributed by atoms with van der Waals surface area (Å²) >= 11 is 1.73. The molecular weight excluding hydrogens is 180 g/mol. The van der Waals surface area contributed by atoms with Crippen molar-refractivity contribution in [3.8, 4) is 0 Å². The summed E-state index contributed by atoms with van der Waals surface area (Å²) in [5.41, 5.74) is 7.28. The lowest BCUT2D eigenvalue weighted by Gasteiger charge is -2.04. The third-order valence-corrected chi connectivity index (χ3v) is 3.49. The Bertz CT molecular complexity index is 278. The van der Waals surface area contributed by atoms with Crippen molar-refractivity contribution in [2.75, 3.05) is 0 Å². The first kappa shape index (κ1) is 9.16. The van der Waals surface area contributed by atoms with Crippen LogP contribution in [-0.2, 0) is 6.42 Å². The van der Waals surface area contributed by atoms with Crippen molar-refractivity contribution in [1.82, 2.24) is 4.98 Å². The number of aromatic nitrogens is 1. The van der Waals surface area contributed by atoms with Crippen molar-refractivity contribution in [3.05, 3.63) is 16.1 Å². The Labute approximate surface area is 83.2 Å². The number of hydrogen-bond donors (Lipinski definition) is 1. The number of thiazole rings is 1. The van der Waals surface area contributed by atoms with Crippen molar-refractivity contribution in [1.29, 1.82) is 0 Å². The highest BCUT2D eigenvalue weighted by atomic mass is 32.1. The van der Waals surface area contributed by atoms with E-state index in [1.165, 1.54) is 25.0 Å². The van der Waals surface area contributed by atoms with Gasteiger partial charge in [0.1, 0.15) is 5.01 Å². The van der Waals surface area contributed by atoms with Gasteiger partial charge in [-0.15, -0.1) is 11.3 Å². The van der Waals surface area contributed by atoms with Crippen LogP contribution in [0.1, 0.15) is 42.9 Å². The van der Waals surface area contributed by atoms with Crippen LogP contribution >= 0.6 is 11.3 Å². The fraction of sp³-hybridized carbons (Fsp3) is 0.700. The van der Waals surface area contributed by atoms with Crippen LogP contribution in [0.2, 0.25) is 0 Å². The molecular formula is C10H16N2S. The Morgan fingerprint density at radius 2 is 2.46 bits per heavy atom. The highest BCUT2D eigenvalue weighted by molar-refractivity contribution is 7.09. The summed E-state index contributed by atoms with van der Waals surface area (Å²) in [5, 5.41) is 3.30. The highest BCUT2D eigenvalue weighted by Crippen LogP contribution is 2.40. The number of nitrogens with two attached hydrogens (primary N) is 1. The Kier molecular flexibility index (Phi) is 2.65. The van der Waals surface area contributed by atoms with Gasteiger partial charge in [-0.3, -0.25) is 0 Å². The monoisotopic (exact) mass is 196 g/mol. The molecule has 1 aliphatic carbocycles. The van der Waals surface area contributed by atoms with Crippen LogP contribution in [0.5, 0.6) is 0 Å². The van der Waals surface area contributed by atoms with Crippen molar-refractivity contribution in [2.24, 2.45) is 11.7 Å². The second-order valence-corrected chi connectivity index (χ2v) is 4.68. The summed E-state index contributed by atoms with van der Waals surface area (Å²) in [7, 11) is 0. The second-order valence-electron chi connectivity index (χ2n) is 3.79. The SMILES string of the molecule is CCCc1csc(C(N)C2CC2)n1. The first-order valence-corrected chi connectivity index (χ1v) is 5.89. The number of aryl methyl sites for hydroxylation is 1. The van der Waals surface area contributed by atoms with Crippen LogP contribution < -0.4 is 5.73 Å². The van der Waals surface area contributed by atoms with Gasteiger partial charge in [0.05, 0.1) is 11.7 Å². The van der Waals surface area contributed by atoms with E-state index >= 15 is 0 Å². The summed E-state index contributed by atoms with van der Waals surface area (Å²) in [4.78, 5) is 4.55.